The first kappa shape index (κ1) is 24.6. The number of pyridine rings is 1. The van der Waals surface area contributed by atoms with Crippen molar-refractivity contribution in [3.8, 4) is 11.5 Å². The molecule has 0 fully saturated rings. The Labute approximate surface area is 195 Å². The van der Waals surface area contributed by atoms with Crippen molar-refractivity contribution in [2.45, 2.75) is 13.1 Å². The Morgan fingerprint density at radius 1 is 1.15 bits per heavy atom. The summed E-state index contributed by atoms with van der Waals surface area (Å²) in [6, 6.07) is 6.87. The van der Waals surface area contributed by atoms with E-state index in [-0.39, 0.29) is 28.6 Å². The summed E-state index contributed by atoms with van der Waals surface area (Å²) in [5, 5.41) is 3.87. The quantitative estimate of drug-likeness (QED) is 0.231. The van der Waals surface area contributed by atoms with Gasteiger partial charge in [-0.2, -0.15) is 13.2 Å². The van der Waals surface area contributed by atoms with E-state index < -0.39 is 28.6 Å². The fraction of sp³-hybridized carbons (Fsp3) is 0.0909. The van der Waals surface area contributed by atoms with Crippen LogP contribution >= 0.6 is 11.6 Å². The van der Waals surface area contributed by atoms with Crippen LogP contribution in [0, 0.1) is 12.7 Å². The van der Waals surface area contributed by atoms with Crippen molar-refractivity contribution >= 4 is 47.2 Å². The molecular formula is C22H15ClF4N4O3. The number of anilines is 2. The topological polar surface area (TPSA) is 92.7 Å². The highest BCUT2D eigenvalue weighted by molar-refractivity contribution is 6.31. The summed E-state index contributed by atoms with van der Waals surface area (Å²) in [7, 11) is 0. The lowest BCUT2D eigenvalue weighted by atomic mass is 10.2. The Bertz CT molecular complexity index is 1270. The van der Waals surface area contributed by atoms with Crippen LogP contribution in [0.3, 0.4) is 0 Å². The molecule has 2 amide bonds. The first-order chi connectivity index (χ1) is 16.1. The Hall–Kier alpha value is -3.99. The second-order valence-corrected chi connectivity index (χ2v) is 7.08. The fourth-order valence-corrected chi connectivity index (χ4v) is 3.00. The number of carbonyl (C=O) groups is 2. The minimum absolute atomic E-state index is 0.0594. The molecule has 0 saturated heterocycles. The van der Waals surface area contributed by atoms with Gasteiger partial charge in [0.05, 0.1) is 28.2 Å². The molecule has 7 nitrogen and oxygen atoms in total. The van der Waals surface area contributed by atoms with Crippen LogP contribution in [0.15, 0.2) is 53.7 Å². The van der Waals surface area contributed by atoms with Crippen LogP contribution in [0.25, 0.3) is 0 Å². The monoisotopic (exact) mass is 494 g/mol. The van der Waals surface area contributed by atoms with Gasteiger partial charge >= 0.3 is 12.2 Å². The highest BCUT2D eigenvalue weighted by atomic mass is 35.5. The molecule has 0 aliphatic rings. The lowest BCUT2D eigenvalue weighted by Crippen LogP contribution is -2.20. The molecule has 2 aromatic carbocycles. The maximum Gasteiger partial charge on any atom is 0.417 e. The summed E-state index contributed by atoms with van der Waals surface area (Å²) in [5.74, 6) is -0.598. The number of halogens is 5. The number of ether oxygens (including phenoxy) is 1. The number of urea groups is 1. The van der Waals surface area contributed by atoms with E-state index in [2.05, 4.69) is 20.6 Å². The van der Waals surface area contributed by atoms with Gasteiger partial charge < -0.3 is 15.4 Å². The Morgan fingerprint density at radius 3 is 2.59 bits per heavy atom. The Kier molecular flexibility index (Phi) is 7.47. The number of hydrogen-bond donors (Lipinski definition) is 2. The minimum atomic E-state index is -4.71. The Balaban J connectivity index is 1.73. The van der Waals surface area contributed by atoms with E-state index in [0.717, 1.165) is 18.3 Å². The molecule has 12 heteroatoms. The third kappa shape index (κ3) is 6.07. The molecule has 0 unspecified atom stereocenters. The summed E-state index contributed by atoms with van der Waals surface area (Å²) in [5.41, 5.74) is -0.812. The van der Waals surface area contributed by atoms with Gasteiger partial charge in [-0.15, -0.1) is 0 Å². The average Bonchev–Trinajstić information content (AvgIpc) is 2.76. The molecular weight excluding hydrogens is 480 g/mol. The van der Waals surface area contributed by atoms with E-state index in [9.17, 15) is 27.2 Å². The molecule has 0 bridgehead atoms. The summed E-state index contributed by atoms with van der Waals surface area (Å²) in [4.78, 5) is 30.7. The van der Waals surface area contributed by atoms with Crippen LogP contribution in [-0.2, 0) is 11.0 Å². The molecule has 0 radical (unpaired) electrons. The van der Waals surface area contributed by atoms with E-state index in [0.29, 0.717) is 18.0 Å². The summed E-state index contributed by atoms with van der Waals surface area (Å²) in [6.07, 6.45) is -1.77. The van der Waals surface area contributed by atoms with E-state index in [1.54, 1.807) is 6.92 Å². The molecule has 0 spiro atoms. The minimum Gasteiger partial charge on any atom is -0.455 e. The smallest absolute Gasteiger partial charge is 0.417 e. The number of benzene rings is 2. The number of alkyl halides is 3. The van der Waals surface area contributed by atoms with Gasteiger partial charge in [-0.1, -0.05) is 11.6 Å². The molecule has 1 aromatic heterocycles. The van der Waals surface area contributed by atoms with Gasteiger partial charge in [0, 0.05) is 24.0 Å². The average molecular weight is 495 g/mol. The van der Waals surface area contributed by atoms with Crippen LogP contribution in [0.1, 0.15) is 11.3 Å². The number of nitrogens with zero attached hydrogens (tertiary/aromatic N) is 2. The van der Waals surface area contributed by atoms with Gasteiger partial charge in [0.2, 0.25) is 0 Å². The van der Waals surface area contributed by atoms with E-state index in [4.69, 9.17) is 16.3 Å². The molecule has 34 heavy (non-hydrogen) atoms. The van der Waals surface area contributed by atoms with Crippen molar-refractivity contribution in [2.75, 3.05) is 10.6 Å². The van der Waals surface area contributed by atoms with Crippen LogP contribution in [0.4, 0.5) is 39.4 Å². The molecule has 0 atom stereocenters. The van der Waals surface area contributed by atoms with Gasteiger partial charge in [0.1, 0.15) is 17.3 Å². The second-order valence-electron chi connectivity index (χ2n) is 6.67. The van der Waals surface area contributed by atoms with Crippen LogP contribution < -0.4 is 15.4 Å². The molecule has 176 valence electrons. The molecule has 0 aliphatic heterocycles. The van der Waals surface area contributed by atoms with Gasteiger partial charge in [0.25, 0.3) is 0 Å². The number of hydrogen-bond acceptors (Lipinski definition) is 5. The lowest BCUT2D eigenvalue weighted by Gasteiger charge is -2.13. The van der Waals surface area contributed by atoms with Crippen molar-refractivity contribution in [1.82, 2.24) is 4.98 Å². The normalized spacial score (nSPS) is 11.4. The van der Waals surface area contributed by atoms with Crippen LogP contribution in [0.2, 0.25) is 5.02 Å². The summed E-state index contributed by atoms with van der Waals surface area (Å²) >= 11 is 5.55. The van der Waals surface area contributed by atoms with Gasteiger partial charge in [-0.25, -0.2) is 14.2 Å². The van der Waals surface area contributed by atoms with E-state index in [1.165, 1.54) is 30.5 Å². The maximum atomic E-state index is 14.5. The molecule has 3 aromatic rings. The van der Waals surface area contributed by atoms with Crippen molar-refractivity contribution in [1.29, 1.82) is 0 Å². The van der Waals surface area contributed by atoms with Gasteiger partial charge in [-0.05, 0) is 37.3 Å². The number of aliphatic imine (C=N–C) groups is 1. The van der Waals surface area contributed by atoms with E-state index in [1.807, 2.05) is 0 Å². The van der Waals surface area contributed by atoms with Gasteiger partial charge in [-0.3, -0.25) is 9.78 Å². The lowest BCUT2D eigenvalue weighted by molar-refractivity contribution is -0.137. The van der Waals surface area contributed by atoms with E-state index >= 15 is 0 Å². The number of nitrogens with one attached hydrogen (secondary N) is 2. The van der Waals surface area contributed by atoms with Crippen LogP contribution in [0.5, 0.6) is 11.5 Å². The third-order valence-corrected chi connectivity index (χ3v) is 4.61. The van der Waals surface area contributed by atoms with Gasteiger partial charge in [0.15, 0.2) is 12.0 Å². The third-order valence-electron chi connectivity index (χ3n) is 4.28. The fourth-order valence-electron chi connectivity index (χ4n) is 2.77. The number of aromatic nitrogens is 1. The highest BCUT2D eigenvalue weighted by Crippen LogP contribution is 2.36. The number of carbonyl (C=O) groups excluding carboxylic acids is 2. The summed E-state index contributed by atoms with van der Waals surface area (Å²) in [6.45, 7) is 1.65. The molecule has 3 rings (SSSR count). The van der Waals surface area contributed by atoms with Crippen LogP contribution in [-0.4, -0.2) is 23.5 Å². The molecule has 0 saturated carbocycles. The zero-order valence-electron chi connectivity index (χ0n) is 17.3. The van der Waals surface area contributed by atoms with Crippen molar-refractivity contribution in [3.05, 3.63) is 70.8 Å². The number of amides is 2. The van der Waals surface area contributed by atoms with Crippen molar-refractivity contribution < 1.29 is 31.9 Å². The SMILES string of the molecule is Cc1nccc(Oc2ccc(NC(=O)Nc3ccc(Cl)c(C(F)(F)F)c3)c(F)c2)c1/N=C\C=O. The zero-order valence-corrected chi connectivity index (χ0v) is 18.0. The number of aldehydes is 1. The zero-order chi connectivity index (χ0) is 24.9. The predicted octanol–water partition coefficient (Wildman–Crippen LogP) is 6.54. The van der Waals surface area contributed by atoms with Crippen molar-refractivity contribution in [2.24, 2.45) is 4.99 Å². The number of aryl methyl sites for hydroxylation is 1. The maximum absolute atomic E-state index is 14.5. The Morgan fingerprint density at radius 2 is 1.91 bits per heavy atom. The molecule has 1 heterocycles. The predicted molar refractivity (Wildman–Crippen MR) is 119 cm³/mol. The largest absolute Gasteiger partial charge is 0.455 e. The second kappa shape index (κ2) is 10.3. The standard InChI is InChI=1S/C22H15ClF4N4O3/c1-12-20(29-8-9-32)19(6-7-28-12)34-14-3-5-18(17(24)11-14)31-21(33)30-13-2-4-16(23)15(10-13)22(25,26)27/h2-11H,1H3,(H2,30,31,33)/b29-8-. The summed E-state index contributed by atoms with van der Waals surface area (Å²) < 4.78 is 59.1. The van der Waals surface area contributed by atoms with Crippen molar-refractivity contribution in [3.63, 3.8) is 0 Å². The number of rotatable bonds is 6. The first-order valence-electron chi connectivity index (χ1n) is 9.44. The molecule has 2 N–H and O–H groups in total. The first-order valence-corrected chi connectivity index (χ1v) is 9.82. The molecule has 0 aliphatic carbocycles. The highest BCUT2D eigenvalue weighted by Gasteiger charge is 2.33.